The molecule has 0 aliphatic rings. The van der Waals surface area contributed by atoms with Crippen molar-refractivity contribution in [1.29, 1.82) is 0 Å². The van der Waals surface area contributed by atoms with Crippen molar-refractivity contribution in [3.8, 4) is 0 Å². The van der Waals surface area contributed by atoms with E-state index in [0.717, 1.165) is 77.0 Å². The second-order valence-corrected chi connectivity index (χ2v) is 24.1. The Bertz CT molecular complexity index is 1500. The molecule has 0 heterocycles. The number of carbonyl (C=O) groups excluding carboxylic acids is 3. The van der Waals surface area contributed by atoms with Crippen LogP contribution in [0.1, 0.15) is 374 Å². The van der Waals surface area contributed by atoms with Crippen LogP contribution in [0.15, 0.2) is 72.9 Å². The summed E-state index contributed by atoms with van der Waals surface area (Å²) in [7, 11) is 0. The van der Waals surface area contributed by atoms with Crippen LogP contribution in [0.2, 0.25) is 0 Å². The van der Waals surface area contributed by atoms with Gasteiger partial charge in [-0.05, 0) is 96.3 Å². The van der Waals surface area contributed by atoms with Crippen LogP contribution in [-0.4, -0.2) is 37.2 Å². The van der Waals surface area contributed by atoms with Gasteiger partial charge >= 0.3 is 17.9 Å². The van der Waals surface area contributed by atoms with E-state index in [1.165, 1.54) is 250 Å². The van der Waals surface area contributed by atoms with Crippen LogP contribution >= 0.6 is 0 Å². The van der Waals surface area contributed by atoms with Crippen LogP contribution in [0.4, 0.5) is 0 Å². The third-order valence-electron chi connectivity index (χ3n) is 15.9. The number of hydrogen-bond donors (Lipinski definition) is 0. The van der Waals surface area contributed by atoms with Gasteiger partial charge in [0.15, 0.2) is 6.10 Å². The number of hydrogen-bond acceptors (Lipinski definition) is 6. The Morgan fingerprint density at radius 3 is 0.817 bits per heavy atom. The second kappa shape index (κ2) is 70.3. The molecule has 0 spiro atoms. The molecule has 6 heteroatoms. The topological polar surface area (TPSA) is 78.9 Å². The predicted molar refractivity (Wildman–Crippen MR) is 358 cm³/mol. The number of allylic oxidation sites excluding steroid dienone is 12. The van der Waals surface area contributed by atoms with Gasteiger partial charge in [-0.15, -0.1) is 0 Å². The summed E-state index contributed by atoms with van der Waals surface area (Å²) in [6.07, 6.45) is 92.7. The van der Waals surface area contributed by atoms with E-state index in [1.807, 2.05) is 6.08 Å². The highest BCUT2D eigenvalue weighted by molar-refractivity contribution is 5.71. The summed E-state index contributed by atoms with van der Waals surface area (Å²) < 4.78 is 16.9. The standard InChI is InChI=1S/C76H136O6/c1-4-7-10-13-16-19-22-25-27-29-30-31-32-33-34-35-36-37-38-39-40-41-42-43-44-45-46-47-49-51-54-57-60-63-66-69-75(78)81-72-73(71-80-74(77)68-65-62-59-56-53-50-24-21-18-15-12-9-6-3)82-76(79)70-67-64-61-58-55-52-48-28-26-23-20-17-14-11-8-5-2/h9,12,18,21,28-30,48,50,53,59,62,73H,4-8,10-11,13-17,19-20,22-27,31-47,49,51-52,54-58,60-61,63-72H2,1-3H3/b12-9-,21-18-,30-29-,48-28-,53-50-,62-59-. The van der Waals surface area contributed by atoms with Gasteiger partial charge in [0.2, 0.25) is 0 Å². The zero-order valence-corrected chi connectivity index (χ0v) is 54.8. The maximum absolute atomic E-state index is 12.9. The molecule has 0 bridgehead atoms. The average molecular weight is 1150 g/mol. The molecule has 0 amide bonds. The minimum Gasteiger partial charge on any atom is -0.462 e. The maximum atomic E-state index is 12.9. The number of rotatable bonds is 66. The lowest BCUT2D eigenvalue weighted by atomic mass is 10.0. The molecular weight excluding hydrogens is 1010 g/mol. The van der Waals surface area contributed by atoms with Crippen molar-refractivity contribution in [2.24, 2.45) is 0 Å². The Morgan fingerprint density at radius 1 is 0.256 bits per heavy atom. The molecule has 0 aromatic carbocycles. The first kappa shape index (κ1) is 78.8. The smallest absolute Gasteiger partial charge is 0.306 e. The third kappa shape index (κ3) is 67.6. The first-order valence-electron chi connectivity index (χ1n) is 35.9. The fraction of sp³-hybridized carbons (Fsp3) is 0.803. The van der Waals surface area contributed by atoms with Gasteiger partial charge in [-0.2, -0.15) is 0 Å². The van der Waals surface area contributed by atoms with Crippen molar-refractivity contribution >= 4 is 17.9 Å². The van der Waals surface area contributed by atoms with Crippen LogP contribution in [0, 0.1) is 0 Å². The maximum Gasteiger partial charge on any atom is 0.306 e. The summed E-state index contributed by atoms with van der Waals surface area (Å²) in [6.45, 7) is 6.50. The van der Waals surface area contributed by atoms with Gasteiger partial charge in [0.25, 0.3) is 0 Å². The van der Waals surface area contributed by atoms with Gasteiger partial charge in [-0.1, -0.05) is 331 Å². The molecule has 0 saturated carbocycles. The quantitative estimate of drug-likeness (QED) is 0.0261. The van der Waals surface area contributed by atoms with Crippen LogP contribution in [0.5, 0.6) is 0 Å². The second-order valence-electron chi connectivity index (χ2n) is 24.1. The van der Waals surface area contributed by atoms with Crippen molar-refractivity contribution in [2.45, 2.75) is 380 Å². The zero-order chi connectivity index (χ0) is 59.2. The van der Waals surface area contributed by atoms with E-state index in [-0.39, 0.29) is 37.5 Å². The molecule has 0 aliphatic heterocycles. The number of esters is 3. The Morgan fingerprint density at radius 2 is 0.500 bits per heavy atom. The molecule has 0 aromatic heterocycles. The molecule has 6 nitrogen and oxygen atoms in total. The predicted octanol–water partition coefficient (Wildman–Crippen LogP) is 24.8. The summed E-state index contributed by atoms with van der Waals surface area (Å²) in [4.78, 5) is 38.3. The van der Waals surface area contributed by atoms with Crippen LogP contribution in [-0.2, 0) is 28.6 Å². The molecule has 0 N–H and O–H groups in total. The van der Waals surface area contributed by atoms with E-state index in [4.69, 9.17) is 14.2 Å². The summed E-state index contributed by atoms with van der Waals surface area (Å²) in [6, 6.07) is 0. The number of ether oxygens (including phenoxy) is 3. The molecule has 476 valence electrons. The van der Waals surface area contributed by atoms with Gasteiger partial charge < -0.3 is 14.2 Å². The lowest BCUT2D eigenvalue weighted by molar-refractivity contribution is -0.166. The Labute approximate surface area is 510 Å². The highest BCUT2D eigenvalue weighted by atomic mass is 16.6. The third-order valence-corrected chi connectivity index (χ3v) is 15.9. The summed E-state index contributed by atoms with van der Waals surface area (Å²) in [5, 5.41) is 0. The Balaban J connectivity index is 4.11. The fourth-order valence-corrected chi connectivity index (χ4v) is 10.6. The van der Waals surface area contributed by atoms with Crippen LogP contribution < -0.4 is 0 Å². The molecule has 1 unspecified atom stereocenters. The molecule has 0 radical (unpaired) electrons. The highest BCUT2D eigenvalue weighted by Crippen LogP contribution is 2.18. The fourth-order valence-electron chi connectivity index (χ4n) is 10.6. The first-order valence-corrected chi connectivity index (χ1v) is 35.9. The molecule has 0 saturated heterocycles. The van der Waals surface area contributed by atoms with E-state index in [9.17, 15) is 14.4 Å². The molecule has 0 rings (SSSR count). The molecular formula is C76H136O6. The van der Waals surface area contributed by atoms with E-state index in [0.29, 0.717) is 19.3 Å². The van der Waals surface area contributed by atoms with Gasteiger partial charge in [0.05, 0.1) is 0 Å². The monoisotopic (exact) mass is 1150 g/mol. The molecule has 82 heavy (non-hydrogen) atoms. The van der Waals surface area contributed by atoms with Crippen molar-refractivity contribution in [3.63, 3.8) is 0 Å². The Hall–Kier alpha value is -3.15. The minimum atomic E-state index is -0.808. The average Bonchev–Trinajstić information content (AvgIpc) is 3.47. The summed E-state index contributed by atoms with van der Waals surface area (Å²) >= 11 is 0. The van der Waals surface area contributed by atoms with E-state index in [1.54, 1.807) is 0 Å². The van der Waals surface area contributed by atoms with Gasteiger partial charge in [-0.25, -0.2) is 0 Å². The van der Waals surface area contributed by atoms with Gasteiger partial charge in [0, 0.05) is 19.3 Å². The molecule has 0 aliphatic carbocycles. The zero-order valence-electron chi connectivity index (χ0n) is 54.8. The Kier molecular flexibility index (Phi) is 67.6. The lowest BCUT2D eigenvalue weighted by Crippen LogP contribution is -2.30. The van der Waals surface area contributed by atoms with Crippen molar-refractivity contribution in [3.05, 3.63) is 72.9 Å². The lowest BCUT2D eigenvalue weighted by Gasteiger charge is -2.18. The van der Waals surface area contributed by atoms with E-state index < -0.39 is 6.10 Å². The molecule has 0 aromatic rings. The van der Waals surface area contributed by atoms with Crippen molar-refractivity contribution in [2.75, 3.05) is 13.2 Å². The summed E-state index contributed by atoms with van der Waals surface area (Å²) in [5.41, 5.74) is 0. The SMILES string of the molecule is CC/C=C\C/C=C\C/C=C\C/C=C\CCC(=O)OCC(COC(=O)CCCCCCCCCCCCCCCCCCCCCCCCC/C=C\CCCCCCCCCC)OC(=O)CCCCCCC/C=C\CCCCCCCCC. The van der Waals surface area contributed by atoms with Crippen molar-refractivity contribution < 1.29 is 28.6 Å². The first-order chi connectivity index (χ1) is 40.5. The number of carbonyl (C=O) groups is 3. The largest absolute Gasteiger partial charge is 0.462 e. The van der Waals surface area contributed by atoms with Gasteiger partial charge in [-0.3, -0.25) is 14.4 Å². The van der Waals surface area contributed by atoms with Crippen LogP contribution in [0.25, 0.3) is 0 Å². The van der Waals surface area contributed by atoms with Crippen LogP contribution in [0.3, 0.4) is 0 Å². The normalized spacial score (nSPS) is 12.5. The molecule has 1 atom stereocenters. The van der Waals surface area contributed by atoms with E-state index >= 15 is 0 Å². The van der Waals surface area contributed by atoms with Gasteiger partial charge in [0.1, 0.15) is 13.2 Å². The summed E-state index contributed by atoms with van der Waals surface area (Å²) in [5.74, 6) is -0.974. The highest BCUT2D eigenvalue weighted by Gasteiger charge is 2.19. The number of unbranched alkanes of at least 4 members (excludes halogenated alkanes) is 43. The van der Waals surface area contributed by atoms with Crippen molar-refractivity contribution in [1.82, 2.24) is 0 Å². The molecule has 0 fully saturated rings. The van der Waals surface area contributed by atoms with E-state index in [2.05, 4.69) is 87.6 Å². The minimum absolute atomic E-state index is 0.0975.